The van der Waals surface area contributed by atoms with E-state index in [-0.39, 0.29) is 11.5 Å². The van der Waals surface area contributed by atoms with Crippen LogP contribution in [-0.2, 0) is 4.74 Å². The molecule has 122 valence electrons. The van der Waals surface area contributed by atoms with Crippen LogP contribution in [0.15, 0.2) is 42.6 Å². The quantitative estimate of drug-likeness (QED) is 0.575. The highest BCUT2D eigenvalue weighted by atomic mass is 35.5. The Kier molecular flexibility index (Phi) is 4.36. The number of Topliss-reactive ketones (excluding diaryl/α,β-unsaturated/α-hetero) is 1. The molecule has 24 heavy (non-hydrogen) atoms. The first kappa shape index (κ1) is 16.2. The summed E-state index contributed by atoms with van der Waals surface area (Å²) in [5, 5.41) is 1.19. The van der Waals surface area contributed by atoms with Crippen LogP contribution in [0.2, 0.25) is 5.02 Å². The van der Waals surface area contributed by atoms with E-state index in [1.165, 1.54) is 12.3 Å². The number of pyridine rings is 1. The predicted octanol–water partition coefficient (Wildman–Crippen LogP) is 3.95. The summed E-state index contributed by atoms with van der Waals surface area (Å²) >= 11 is 5.84. The molecule has 1 N–H and O–H groups in total. The van der Waals surface area contributed by atoms with Gasteiger partial charge in [0.15, 0.2) is 6.10 Å². The number of benzene rings is 1. The number of ether oxygens (including phenoxy) is 1. The number of fused-ring (bicyclic) bond motifs is 1. The maximum Gasteiger partial charge on any atom is 0.357 e. The lowest BCUT2D eigenvalue weighted by atomic mass is 10.0. The van der Waals surface area contributed by atoms with Gasteiger partial charge in [-0.2, -0.15) is 0 Å². The van der Waals surface area contributed by atoms with E-state index in [0.717, 1.165) is 16.6 Å². The normalized spacial score (nSPS) is 12.1. The van der Waals surface area contributed by atoms with Crippen molar-refractivity contribution in [3.63, 3.8) is 0 Å². The maximum atomic E-state index is 12.7. The van der Waals surface area contributed by atoms with Crippen molar-refractivity contribution in [3.05, 3.63) is 64.6 Å². The number of nitrogens with zero attached hydrogens (tertiary/aromatic N) is 1. The molecule has 0 spiro atoms. The zero-order valence-electron chi connectivity index (χ0n) is 13.2. The van der Waals surface area contributed by atoms with Gasteiger partial charge in [-0.15, -0.1) is 0 Å². The molecular weight excluding hydrogens is 328 g/mol. The summed E-state index contributed by atoms with van der Waals surface area (Å²) in [5.41, 5.74) is 2.21. The van der Waals surface area contributed by atoms with Crippen molar-refractivity contribution in [1.29, 1.82) is 0 Å². The molecule has 3 rings (SSSR count). The number of esters is 1. The lowest BCUT2D eigenvalue weighted by Gasteiger charge is -2.12. The van der Waals surface area contributed by atoms with E-state index in [1.54, 1.807) is 13.0 Å². The van der Waals surface area contributed by atoms with Gasteiger partial charge < -0.3 is 9.72 Å². The number of H-pyrrole nitrogens is 1. The van der Waals surface area contributed by atoms with Crippen molar-refractivity contribution < 1.29 is 14.3 Å². The van der Waals surface area contributed by atoms with Crippen molar-refractivity contribution in [2.24, 2.45) is 0 Å². The highest BCUT2D eigenvalue weighted by Gasteiger charge is 2.25. The molecule has 2 aromatic heterocycles. The van der Waals surface area contributed by atoms with Crippen molar-refractivity contribution in [3.8, 4) is 0 Å². The Bertz CT molecular complexity index is 933. The summed E-state index contributed by atoms with van der Waals surface area (Å²) < 4.78 is 5.26. The van der Waals surface area contributed by atoms with Crippen molar-refractivity contribution in [1.82, 2.24) is 9.97 Å². The Balaban J connectivity index is 1.84. The van der Waals surface area contributed by atoms with Gasteiger partial charge in [0.25, 0.3) is 0 Å². The van der Waals surface area contributed by atoms with Gasteiger partial charge in [-0.25, -0.2) is 9.78 Å². The minimum atomic E-state index is -0.934. The Morgan fingerprint density at radius 2 is 2.00 bits per heavy atom. The van der Waals surface area contributed by atoms with Gasteiger partial charge in [0.2, 0.25) is 5.78 Å². The van der Waals surface area contributed by atoms with Crippen LogP contribution in [0.4, 0.5) is 0 Å². The van der Waals surface area contributed by atoms with E-state index in [2.05, 4.69) is 9.97 Å². The molecule has 1 aromatic carbocycles. The summed E-state index contributed by atoms with van der Waals surface area (Å²) in [7, 11) is 0. The van der Waals surface area contributed by atoms with E-state index in [4.69, 9.17) is 16.3 Å². The van der Waals surface area contributed by atoms with Gasteiger partial charge >= 0.3 is 5.97 Å². The smallest absolute Gasteiger partial charge is 0.357 e. The number of hydrogen-bond acceptors (Lipinski definition) is 4. The molecule has 0 saturated heterocycles. The average Bonchev–Trinajstić information content (AvgIpc) is 2.89. The molecule has 1 atom stereocenters. The number of ketones is 1. The van der Waals surface area contributed by atoms with Crippen LogP contribution < -0.4 is 0 Å². The molecule has 3 aromatic rings. The van der Waals surface area contributed by atoms with Crippen LogP contribution >= 0.6 is 11.6 Å². The number of carbonyl (C=O) groups excluding carboxylic acids is 2. The van der Waals surface area contributed by atoms with E-state index in [1.807, 2.05) is 31.2 Å². The molecular formula is C18H15ClN2O3. The molecule has 0 aliphatic heterocycles. The third-order valence-electron chi connectivity index (χ3n) is 3.72. The zero-order valence-corrected chi connectivity index (χ0v) is 13.9. The predicted molar refractivity (Wildman–Crippen MR) is 91.5 cm³/mol. The molecule has 0 aliphatic rings. The number of aromatic amines is 1. The van der Waals surface area contributed by atoms with Gasteiger partial charge in [-0.3, -0.25) is 4.79 Å². The fourth-order valence-electron chi connectivity index (χ4n) is 2.59. The van der Waals surface area contributed by atoms with Crippen LogP contribution in [0.25, 0.3) is 10.9 Å². The Hall–Kier alpha value is -2.66. The second-order valence-corrected chi connectivity index (χ2v) is 5.88. The van der Waals surface area contributed by atoms with Gasteiger partial charge in [-0.05, 0) is 32.0 Å². The average molecular weight is 343 g/mol. The highest BCUT2D eigenvalue weighted by molar-refractivity contribution is 6.30. The van der Waals surface area contributed by atoms with E-state index in [0.29, 0.717) is 10.6 Å². The van der Waals surface area contributed by atoms with Crippen molar-refractivity contribution in [2.45, 2.75) is 20.0 Å². The number of hydrogen-bond donors (Lipinski definition) is 1. The van der Waals surface area contributed by atoms with E-state index >= 15 is 0 Å². The number of halogens is 1. The SMILES string of the molecule is Cc1[nH]c2ccccc2c1C(=O)[C@H](C)OC(=O)c1cc(Cl)ccn1. The third-order valence-corrected chi connectivity index (χ3v) is 3.96. The number of nitrogens with one attached hydrogen (secondary N) is 1. The topological polar surface area (TPSA) is 72.1 Å². The fourth-order valence-corrected chi connectivity index (χ4v) is 2.75. The molecule has 0 fully saturated rings. The summed E-state index contributed by atoms with van der Waals surface area (Å²) in [6.07, 6.45) is 0.478. The Morgan fingerprint density at radius 3 is 2.75 bits per heavy atom. The number of rotatable bonds is 4. The van der Waals surface area contributed by atoms with E-state index in [9.17, 15) is 9.59 Å². The summed E-state index contributed by atoms with van der Waals surface area (Å²) in [6, 6.07) is 10.5. The maximum absolute atomic E-state index is 12.7. The number of carbonyl (C=O) groups is 2. The Morgan fingerprint density at radius 1 is 1.25 bits per heavy atom. The van der Waals surface area contributed by atoms with Gasteiger partial charge in [0.1, 0.15) is 5.69 Å². The molecule has 0 saturated carbocycles. The first-order valence-corrected chi connectivity index (χ1v) is 7.79. The lowest BCUT2D eigenvalue weighted by Crippen LogP contribution is -2.25. The second kappa shape index (κ2) is 6.45. The number of aryl methyl sites for hydroxylation is 1. The van der Waals surface area contributed by atoms with Gasteiger partial charge in [0, 0.05) is 33.4 Å². The minimum Gasteiger partial charge on any atom is -0.450 e. The first-order valence-electron chi connectivity index (χ1n) is 7.41. The van der Waals surface area contributed by atoms with Gasteiger partial charge in [-0.1, -0.05) is 29.8 Å². The molecule has 0 amide bonds. The molecule has 2 heterocycles. The summed E-state index contributed by atoms with van der Waals surface area (Å²) in [4.78, 5) is 31.9. The zero-order chi connectivity index (χ0) is 17.3. The fraction of sp³-hybridized carbons (Fsp3) is 0.167. The van der Waals surface area contributed by atoms with Gasteiger partial charge in [0.05, 0.1) is 0 Å². The third kappa shape index (κ3) is 3.03. The largest absolute Gasteiger partial charge is 0.450 e. The first-order chi connectivity index (χ1) is 11.5. The molecule has 0 bridgehead atoms. The van der Waals surface area contributed by atoms with E-state index < -0.39 is 12.1 Å². The van der Waals surface area contributed by atoms with Crippen LogP contribution in [-0.4, -0.2) is 27.8 Å². The Labute approximate surface area is 143 Å². The number of para-hydroxylation sites is 1. The van der Waals surface area contributed by atoms with Crippen LogP contribution in [0, 0.1) is 6.92 Å². The lowest BCUT2D eigenvalue weighted by molar-refractivity contribution is 0.0313. The molecule has 5 nitrogen and oxygen atoms in total. The van der Waals surface area contributed by atoms with Crippen molar-refractivity contribution >= 4 is 34.3 Å². The standard InChI is InChI=1S/C18H15ClN2O3/c1-10-16(13-5-3-4-6-14(13)21-10)17(22)11(2)24-18(23)15-9-12(19)7-8-20-15/h3-9,11,21H,1-2H3/t11-/m0/s1. The molecule has 0 unspecified atom stereocenters. The molecule has 0 aliphatic carbocycles. The second-order valence-electron chi connectivity index (χ2n) is 5.44. The van der Waals surface area contributed by atoms with Crippen LogP contribution in [0.3, 0.4) is 0 Å². The highest BCUT2D eigenvalue weighted by Crippen LogP contribution is 2.24. The summed E-state index contributed by atoms with van der Waals surface area (Å²) in [5.74, 6) is -0.948. The number of aromatic nitrogens is 2. The van der Waals surface area contributed by atoms with Crippen LogP contribution in [0.1, 0.15) is 33.5 Å². The molecule has 6 heteroatoms. The monoisotopic (exact) mass is 342 g/mol. The summed E-state index contributed by atoms with van der Waals surface area (Å²) in [6.45, 7) is 3.37. The van der Waals surface area contributed by atoms with Crippen LogP contribution in [0.5, 0.6) is 0 Å². The van der Waals surface area contributed by atoms with Crippen molar-refractivity contribution in [2.75, 3.05) is 0 Å². The minimum absolute atomic E-state index is 0.0674. The molecule has 0 radical (unpaired) electrons.